The second kappa shape index (κ2) is 34.3. The van der Waals surface area contributed by atoms with Crippen molar-refractivity contribution in [1.82, 2.24) is 47.9 Å². The van der Waals surface area contributed by atoms with Crippen molar-refractivity contribution in [2.75, 3.05) is 18.6 Å². The second-order valence-electron chi connectivity index (χ2n) is 19.9. The number of nitrogens with zero attached hydrogens (tertiary/aromatic N) is 1. The number of aliphatic carboxylic acids is 2. The van der Waals surface area contributed by atoms with E-state index in [1.54, 1.807) is 61.6 Å². The summed E-state index contributed by atoms with van der Waals surface area (Å²) in [6, 6.07) is -13.4. The van der Waals surface area contributed by atoms with Crippen LogP contribution in [-0.4, -0.2) is 171 Å². The van der Waals surface area contributed by atoms with E-state index in [0.717, 1.165) is 0 Å². The summed E-state index contributed by atoms with van der Waals surface area (Å²) in [7, 11) is 0. The van der Waals surface area contributed by atoms with Gasteiger partial charge in [0.25, 0.3) is 0 Å². The molecule has 0 fully saturated rings. The van der Waals surface area contributed by atoms with Gasteiger partial charge in [0, 0.05) is 6.54 Å². The van der Waals surface area contributed by atoms with E-state index in [1.807, 2.05) is 0 Å². The third kappa shape index (κ3) is 26.7. The molecule has 0 heterocycles. The van der Waals surface area contributed by atoms with Crippen molar-refractivity contribution in [3.63, 3.8) is 0 Å². The Bertz CT molecular complexity index is 1990. The molecule has 0 radical (unpaired) electrons. The molecular formula is C47H85N13O14S. The van der Waals surface area contributed by atoms with Crippen molar-refractivity contribution < 1.29 is 68.1 Å². The normalized spacial score (nSPS) is 15.7. The molecule has 0 unspecified atom stereocenters. The summed E-state index contributed by atoms with van der Waals surface area (Å²) in [6.07, 6.45) is -0.301. The van der Waals surface area contributed by atoms with Crippen LogP contribution in [0.3, 0.4) is 0 Å². The van der Waals surface area contributed by atoms with E-state index in [0.29, 0.717) is 5.75 Å². The maximum atomic E-state index is 14.0. The molecule has 0 aromatic heterocycles. The number of carboxylic acids is 2. The Balaban J connectivity index is 6.23. The summed E-state index contributed by atoms with van der Waals surface area (Å²) in [5.41, 5.74) is 16.5. The SMILES string of the molecule is CSCC[C@H](NC(=O)[C@H](C)NC(=O)[C@H](C)NC(=O)[C@H](CC(=O)O)NC(=O)[C@@H](N)C(C)C)C(=O)N[C@H](C(=O)N[C@@H](CC(C)C)C(=O)N[C@@H](CC(C)C)C(=O)N[C@H](C(=O)N[C@@H](CCCN=C(N)N)C(=O)O)[C@@H](C)O)C(C)C. The molecule has 0 aromatic rings. The number of hydrogen-bond acceptors (Lipinski definition) is 15. The molecule has 11 atom stereocenters. The number of guanidine groups is 1. The summed E-state index contributed by atoms with van der Waals surface area (Å²) in [5.74, 6) is -11.6. The summed E-state index contributed by atoms with van der Waals surface area (Å²) < 4.78 is 0. The van der Waals surface area contributed by atoms with Crippen LogP contribution in [0.2, 0.25) is 0 Å². The molecule has 18 N–H and O–H groups in total. The van der Waals surface area contributed by atoms with Gasteiger partial charge in [0.15, 0.2) is 5.96 Å². The maximum Gasteiger partial charge on any atom is 0.326 e. The molecule has 0 aliphatic carbocycles. The third-order valence-corrected chi connectivity index (χ3v) is 12.0. The largest absolute Gasteiger partial charge is 0.481 e. The fraction of sp³-hybridized carbons (Fsp3) is 0.745. The van der Waals surface area contributed by atoms with Crippen LogP contribution in [0.4, 0.5) is 0 Å². The average molecular weight is 1090 g/mol. The zero-order valence-corrected chi connectivity index (χ0v) is 46.1. The lowest BCUT2D eigenvalue weighted by Gasteiger charge is -2.30. The van der Waals surface area contributed by atoms with E-state index < -0.39 is 144 Å². The molecule has 0 aliphatic rings. The van der Waals surface area contributed by atoms with Gasteiger partial charge in [0.2, 0.25) is 53.2 Å². The van der Waals surface area contributed by atoms with Gasteiger partial charge in [-0.15, -0.1) is 0 Å². The molecule has 75 heavy (non-hydrogen) atoms. The van der Waals surface area contributed by atoms with Gasteiger partial charge in [-0.2, -0.15) is 11.8 Å². The summed E-state index contributed by atoms with van der Waals surface area (Å²) in [4.78, 5) is 148. The van der Waals surface area contributed by atoms with Crippen molar-refractivity contribution in [2.24, 2.45) is 45.9 Å². The number of hydrogen-bond donors (Lipinski definition) is 15. The van der Waals surface area contributed by atoms with Crippen LogP contribution in [0.1, 0.15) is 115 Å². The van der Waals surface area contributed by atoms with Gasteiger partial charge in [-0.05, 0) is 88.6 Å². The van der Waals surface area contributed by atoms with E-state index in [2.05, 4.69) is 52.8 Å². The van der Waals surface area contributed by atoms with Crippen molar-refractivity contribution in [3.8, 4) is 0 Å². The highest BCUT2D eigenvalue weighted by Gasteiger charge is 2.37. The van der Waals surface area contributed by atoms with Crippen LogP contribution in [0.15, 0.2) is 4.99 Å². The minimum Gasteiger partial charge on any atom is -0.481 e. The Hall–Kier alpha value is -6.29. The Labute approximate surface area is 443 Å². The molecule has 28 heteroatoms. The molecule has 9 amide bonds. The number of aliphatic hydroxyl groups excluding tert-OH is 1. The van der Waals surface area contributed by atoms with E-state index in [-0.39, 0.29) is 62.4 Å². The number of amides is 9. The topological polar surface area (TPSA) is 447 Å². The first-order valence-electron chi connectivity index (χ1n) is 24.9. The van der Waals surface area contributed by atoms with Gasteiger partial charge in [-0.3, -0.25) is 52.9 Å². The van der Waals surface area contributed by atoms with Gasteiger partial charge in [-0.25, -0.2) is 4.79 Å². The van der Waals surface area contributed by atoms with Gasteiger partial charge < -0.3 is 80.4 Å². The lowest BCUT2D eigenvalue weighted by atomic mass is 9.98. The van der Waals surface area contributed by atoms with Crippen LogP contribution < -0.4 is 65.1 Å². The van der Waals surface area contributed by atoms with E-state index in [1.165, 1.54) is 32.5 Å². The quantitative estimate of drug-likeness (QED) is 0.0169. The number of nitrogens with one attached hydrogen (secondary N) is 9. The number of rotatable bonds is 35. The molecule has 27 nitrogen and oxygen atoms in total. The fourth-order valence-electron chi connectivity index (χ4n) is 6.95. The first-order chi connectivity index (χ1) is 34.7. The molecular weight excluding hydrogens is 1000 g/mol. The summed E-state index contributed by atoms with van der Waals surface area (Å²) >= 11 is 1.36. The Morgan fingerprint density at radius 3 is 1.36 bits per heavy atom. The number of carbonyl (C=O) groups excluding carboxylic acids is 9. The highest BCUT2D eigenvalue weighted by Crippen LogP contribution is 2.13. The van der Waals surface area contributed by atoms with E-state index in [9.17, 15) is 68.1 Å². The van der Waals surface area contributed by atoms with E-state index in [4.69, 9.17) is 17.2 Å². The van der Waals surface area contributed by atoms with Gasteiger partial charge in [0.1, 0.15) is 54.4 Å². The molecule has 0 saturated carbocycles. The molecule has 0 aliphatic heterocycles. The van der Waals surface area contributed by atoms with Gasteiger partial charge >= 0.3 is 11.9 Å². The van der Waals surface area contributed by atoms with Gasteiger partial charge in [-0.1, -0.05) is 55.4 Å². The molecule has 428 valence electrons. The van der Waals surface area contributed by atoms with Crippen LogP contribution in [0.5, 0.6) is 0 Å². The number of carbonyl (C=O) groups is 11. The molecule has 0 spiro atoms. The number of aliphatic imine (C=N–C) groups is 1. The van der Waals surface area contributed by atoms with Crippen molar-refractivity contribution in [2.45, 2.75) is 181 Å². The third-order valence-electron chi connectivity index (χ3n) is 11.3. The lowest BCUT2D eigenvalue weighted by molar-refractivity contribution is -0.143. The number of nitrogens with two attached hydrogens (primary N) is 3. The summed E-state index contributed by atoms with van der Waals surface area (Å²) in [6.45, 7) is 17.6. The second-order valence-corrected chi connectivity index (χ2v) is 20.9. The predicted octanol–water partition coefficient (Wildman–Crippen LogP) is -3.13. The maximum absolute atomic E-state index is 14.0. The zero-order chi connectivity index (χ0) is 58.0. The minimum absolute atomic E-state index is 0.0346. The Kier molecular flexibility index (Phi) is 31.4. The number of aliphatic hydroxyl groups is 1. The lowest BCUT2D eigenvalue weighted by Crippen LogP contribution is -2.62. The van der Waals surface area contributed by atoms with Crippen LogP contribution in [0, 0.1) is 23.7 Å². The molecule has 0 saturated heterocycles. The standard InChI is InChI=1S/C47H85N13O14S/c1-21(2)18-30(41(68)56-31(19-22(3)4)42(69)60-36(27(11)61)45(72)55-29(46(73)74)14-13-16-51-47(49)50)58-44(71)35(24(7)8)59-39(66)28(15-17-75-12)54-38(65)26(10)52-37(64)25(9)53-40(67)32(20-33(62)63)57-43(70)34(48)23(5)6/h21-32,34-36,61H,13-20,48H2,1-12H3,(H,52,64)(H,53,67)(H,54,65)(H,55,72)(H,56,68)(H,57,70)(H,58,71)(H,59,66)(H,60,69)(H,62,63)(H,73,74)(H4,49,50,51)/t25-,26-,27+,28-,29-,30-,31-,32-,34-,35-,36-/m0/s1. The highest BCUT2D eigenvalue weighted by molar-refractivity contribution is 7.98. The molecule has 0 rings (SSSR count). The number of thioether (sulfide) groups is 1. The van der Waals surface area contributed by atoms with Crippen LogP contribution in [0.25, 0.3) is 0 Å². The average Bonchev–Trinajstić information content (AvgIpc) is 3.29. The first-order valence-corrected chi connectivity index (χ1v) is 26.3. The van der Waals surface area contributed by atoms with Crippen molar-refractivity contribution >= 4 is 82.8 Å². The fourth-order valence-corrected chi connectivity index (χ4v) is 7.42. The van der Waals surface area contributed by atoms with E-state index >= 15 is 0 Å². The minimum atomic E-state index is -1.65. The Morgan fingerprint density at radius 1 is 0.493 bits per heavy atom. The van der Waals surface area contributed by atoms with Crippen LogP contribution in [-0.2, 0) is 52.7 Å². The Morgan fingerprint density at radius 2 is 0.907 bits per heavy atom. The van der Waals surface area contributed by atoms with Crippen molar-refractivity contribution in [1.29, 1.82) is 0 Å². The number of carboxylic acid groups (broad SMARTS) is 2. The molecule has 0 bridgehead atoms. The smallest absolute Gasteiger partial charge is 0.326 e. The molecule has 0 aromatic carbocycles. The predicted molar refractivity (Wildman–Crippen MR) is 280 cm³/mol. The first kappa shape index (κ1) is 68.7. The summed E-state index contributed by atoms with van der Waals surface area (Å²) in [5, 5.41) is 51.9. The van der Waals surface area contributed by atoms with Gasteiger partial charge in [0.05, 0.1) is 18.6 Å². The zero-order valence-electron chi connectivity index (χ0n) is 45.2. The monoisotopic (exact) mass is 1090 g/mol. The highest BCUT2D eigenvalue weighted by atomic mass is 32.2. The van der Waals surface area contributed by atoms with Crippen LogP contribution >= 0.6 is 11.8 Å². The van der Waals surface area contributed by atoms with Crippen molar-refractivity contribution in [3.05, 3.63) is 0 Å².